The maximum absolute atomic E-state index is 10.9. The highest BCUT2D eigenvalue weighted by atomic mass is 16.3. The first kappa shape index (κ1) is 13.9. The van der Waals surface area contributed by atoms with Gasteiger partial charge in [0.15, 0.2) is 5.65 Å². The van der Waals surface area contributed by atoms with Crippen molar-refractivity contribution in [1.82, 2.24) is 19.5 Å². The summed E-state index contributed by atoms with van der Waals surface area (Å²) >= 11 is 0. The van der Waals surface area contributed by atoms with Crippen LogP contribution in [-0.2, 0) is 7.05 Å². The van der Waals surface area contributed by atoms with Gasteiger partial charge in [0.05, 0.1) is 18.1 Å². The van der Waals surface area contributed by atoms with Gasteiger partial charge in [0.25, 0.3) is 0 Å². The summed E-state index contributed by atoms with van der Waals surface area (Å²) in [7, 11) is 1.95. The highest BCUT2D eigenvalue weighted by molar-refractivity contribution is 5.70. The maximum atomic E-state index is 10.9. The van der Waals surface area contributed by atoms with Gasteiger partial charge in [-0.3, -0.25) is 0 Å². The van der Waals surface area contributed by atoms with Gasteiger partial charge in [-0.2, -0.15) is 4.98 Å². The van der Waals surface area contributed by atoms with Gasteiger partial charge in [-0.15, -0.1) is 0 Å². The molecule has 2 aromatic heterocycles. The van der Waals surface area contributed by atoms with Crippen LogP contribution in [0.3, 0.4) is 0 Å². The smallest absolute Gasteiger partial charge is 0.227 e. The van der Waals surface area contributed by atoms with E-state index in [-0.39, 0.29) is 0 Å². The lowest BCUT2D eigenvalue weighted by Crippen LogP contribution is -2.44. The van der Waals surface area contributed by atoms with E-state index < -0.39 is 5.60 Å². The zero-order chi connectivity index (χ0) is 15.3. The van der Waals surface area contributed by atoms with Crippen LogP contribution in [0.25, 0.3) is 11.2 Å². The summed E-state index contributed by atoms with van der Waals surface area (Å²) in [5, 5.41) is 10.9. The van der Waals surface area contributed by atoms with Gasteiger partial charge in [-0.05, 0) is 25.2 Å². The van der Waals surface area contributed by atoms with Crippen molar-refractivity contribution in [3.63, 3.8) is 0 Å². The molecule has 0 spiro atoms. The van der Waals surface area contributed by atoms with Gasteiger partial charge < -0.3 is 14.6 Å². The minimum atomic E-state index is -0.506. The Morgan fingerprint density at radius 2 is 2.23 bits per heavy atom. The number of hydrogen-bond acceptors (Lipinski definition) is 5. The van der Waals surface area contributed by atoms with E-state index in [4.69, 9.17) is 0 Å². The van der Waals surface area contributed by atoms with E-state index in [2.05, 4.69) is 26.8 Å². The second kappa shape index (κ2) is 4.91. The van der Waals surface area contributed by atoms with Gasteiger partial charge >= 0.3 is 0 Å². The molecule has 1 N–H and O–H groups in total. The molecule has 4 rings (SSSR count). The largest absolute Gasteiger partial charge is 0.390 e. The van der Waals surface area contributed by atoms with Crippen LogP contribution in [0, 0.1) is 11.8 Å². The Hall–Kier alpha value is -1.69. The van der Waals surface area contributed by atoms with E-state index in [0.29, 0.717) is 11.8 Å². The molecule has 6 nitrogen and oxygen atoms in total. The number of aromatic nitrogens is 4. The molecule has 0 radical (unpaired) electrons. The van der Waals surface area contributed by atoms with Crippen molar-refractivity contribution in [3.8, 4) is 0 Å². The molecule has 0 bridgehead atoms. The predicted octanol–water partition coefficient (Wildman–Crippen LogP) is 1.74. The maximum Gasteiger partial charge on any atom is 0.227 e. The summed E-state index contributed by atoms with van der Waals surface area (Å²) in [5.74, 6) is 1.67. The number of nitrogens with zero attached hydrogens (tertiary/aromatic N) is 5. The average Bonchev–Trinajstić information content (AvgIpc) is 3.12. The molecule has 2 fully saturated rings. The van der Waals surface area contributed by atoms with Gasteiger partial charge in [0, 0.05) is 26.1 Å². The minimum absolute atomic E-state index is 0.345. The molecule has 118 valence electrons. The predicted molar refractivity (Wildman–Crippen MR) is 84.6 cm³/mol. The molecule has 0 aromatic carbocycles. The fraction of sp³-hybridized carbons (Fsp3) is 0.688. The lowest BCUT2D eigenvalue weighted by molar-refractivity contribution is -0.0597. The van der Waals surface area contributed by atoms with E-state index in [1.807, 2.05) is 11.6 Å². The SMILES string of the molecule is CC[C@]1(O)CCC[C@H]2CN(c3ncc4ncn(C)c4n3)C[C@H]21. The molecule has 1 saturated heterocycles. The zero-order valence-corrected chi connectivity index (χ0v) is 13.2. The van der Waals surface area contributed by atoms with Crippen LogP contribution in [0.4, 0.5) is 5.95 Å². The first-order chi connectivity index (χ1) is 10.6. The Balaban J connectivity index is 1.64. The average molecular weight is 301 g/mol. The van der Waals surface area contributed by atoms with E-state index in [9.17, 15) is 5.11 Å². The van der Waals surface area contributed by atoms with Crippen LogP contribution in [0.15, 0.2) is 12.5 Å². The summed E-state index contributed by atoms with van der Waals surface area (Å²) in [6.45, 7) is 3.91. The van der Waals surface area contributed by atoms with Gasteiger partial charge in [-0.25, -0.2) is 9.97 Å². The second-order valence-corrected chi connectivity index (χ2v) is 6.86. The van der Waals surface area contributed by atoms with Crippen molar-refractivity contribution in [2.45, 2.75) is 38.2 Å². The lowest BCUT2D eigenvalue weighted by Gasteiger charge is -2.40. The summed E-state index contributed by atoms with van der Waals surface area (Å²) in [6.07, 6.45) is 7.66. The first-order valence-electron chi connectivity index (χ1n) is 8.22. The zero-order valence-electron chi connectivity index (χ0n) is 13.2. The van der Waals surface area contributed by atoms with E-state index in [1.54, 1.807) is 12.5 Å². The van der Waals surface area contributed by atoms with Crippen molar-refractivity contribution in [3.05, 3.63) is 12.5 Å². The van der Waals surface area contributed by atoms with Crippen molar-refractivity contribution in [2.75, 3.05) is 18.0 Å². The van der Waals surface area contributed by atoms with Crippen LogP contribution in [0.2, 0.25) is 0 Å². The molecular formula is C16H23N5O. The molecule has 0 unspecified atom stereocenters. The third-order valence-electron chi connectivity index (χ3n) is 5.65. The molecule has 6 heteroatoms. The van der Waals surface area contributed by atoms with Crippen LogP contribution in [0.1, 0.15) is 32.6 Å². The van der Waals surface area contributed by atoms with Crippen molar-refractivity contribution < 1.29 is 5.11 Å². The number of imidazole rings is 1. The molecule has 22 heavy (non-hydrogen) atoms. The first-order valence-corrected chi connectivity index (χ1v) is 8.22. The molecule has 1 aliphatic heterocycles. The van der Waals surface area contributed by atoms with Crippen LogP contribution < -0.4 is 4.90 Å². The molecule has 3 atom stereocenters. The van der Waals surface area contributed by atoms with E-state index in [0.717, 1.165) is 49.5 Å². The summed E-state index contributed by atoms with van der Waals surface area (Å²) in [4.78, 5) is 15.7. The lowest BCUT2D eigenvalue weighted by atomic mass is 9.69. The Morgan fingerprint density at radius 3 is 3.05 bits per heavy atom. The van der Waals surface area contributed by atoms with Gasteiger partial charge in [0.2, 0.25) is 5.95 Å². The van der Waals surface area contributed by atoms with Crippen LogP contribution in [-0.4, -0.2) is 43.3 Å². The second-order valence-electron chi connectivity index (χ2n) is 6.86. The van der Waals surface area contributed by atoms with Crippen LogP contribution >= 0.6 is 0 Å². The highest BCUT2D eigenvalue weighted by Gasteiger charge is 2.48. The van der Waals surface area contributed by atoms with Crippen LogP contribution in [0.5, 0.6) is 0 Å². The van der Waals surface area contributed by atoms with Crippen molar-refractivity contribution in [2.24, 2.45) is 18.9 Å². The fourth-order valence-corrected chi connectivity index (χ4v) is 4.29. The van der Waals surface area contributed by atoms with E-state index in [1.165, 1.54) is 6.42 Å². The summed E-state index contributed by atoms with van der Waals surface area (Å²) in [5.41, 5.74) is 1.19. The summed E-state index contributed by atoms with van der Waals surface area (Å²) < 4.78 is 1.92. The number of aliphatic hydroxyl groups is 1. The monoisotopic (exact) mass is 301 g/mol. The Kier molecular flexibility index (Phi) is 3.11. The fourth-order valence-electron chi connectivity index (χ4n) is 4.29. The Bertz CT molecular complexity index is 699. The normalized spacial score (nSPS) is 31.7. The Morgan fingerprint density at radius 1 is 1.36 bits per heavy atom. The molecule has 1 saturated carbocycles. The number of anilines is 1. The van der Waals surface area contributed by atoms with Crippen molar-refractivity contribution >= 4 is 17.1 Å². The van der Waals surface area contributed by atoms with Gasteiger partial charge in [-0.1, -0.05) is 13.3 Å². The third kappa shape index (κ3) is 2.00. The topological polar surface area (TPSA) is 67.1 Å². The number of rotatable bonds is 2. The molecule has 3 heterocycles. The molecule has 1 aliphatic carbocycles. The number of hydrogen-bond donors (Lipinski definition) is 1. The third-order valence-corrected chi connectivity index (χ3v) is 5.65. The number of fused-ring (bicyclic) bond motifs is 2. The standard InChI is InChI=1S/C16H23N5O/c1-3-16(22)6-4-5-11-8-21(9-12(11)16)15-17-7-13-14(19-15)20(2)10-18-13/h7,10-12,22H,3-6,8-9H2,1-2H3/t11-,12+,16-/m0/s1. The van der Waals surface area contributed by atoms with E-state index >= 15 is 0 Å². The Labute approximate surface area is 130 Å². The molecule has 0 amide bonds. The quantitative estimate of drug-likeness (QED) is 0.915. The summed E-state index contributed by atoms with van der Waals surface area (Å²) in [6, 6.07) is 0. The minimum Gasteiger partial charge on any atom is -0.390 e. The number of aryl methyl sites for hydroxylation is 1. The molecule has 2 aliphatic rings. The van der Waals surface area contributed by atoms with Crippen molar-refractivity contribution in [1.29, 1.82) is 0 Å². The highest BCUT2D eigenvalue weighted by Crippen LogP contribution is 2.44. The molecular weight excluding hydrogens is 278 g/mol. The molecule has 2 aromatic rings. The van der Waals surface area contributed by atoms with Gasteiger partial charge in [0.1, 0.15) is 5.52 Å².